The van der Waals surface area contributed by atoms with Gasteiger partial charge in [-0.15, -0.1) is 0 Å². The second kappa shape index (κ2) is 4.05. The maximum absolute atomic E-state index is 10.6. The molecule has 0 heterocycles. The maximum Gasteiger partial charge on any atom is 0.213 e. The predicted octanol–water partition coefficient (Wildman–Crippen LogP) is 1.27. The van der Waals surface area contributed by atoms with Gasteiger partial charge in [0.05, 0.1) is 0 Å². The molecule has 0 fully saturated rings. The number of hydrogen-bond donors (Lipinski definition) is 0. The third-order valence-electron chi connectivity index (χ3n) is 1.77. The quantitative estimate of drug-likeness (QED) is 0.458. The Morgan fingerprint density at radius 2 is 2.00 bits per heavy atom. The highest BCUT2D eigenvalue weighted by Crippen LogP contribution is 2.10. The van der Waals surface area contributed by atoms with Crippen LogP contribution < -0.4 is 0 Å². The summed E-state index contributed by atoms with van der Waals surface area (Å²) in [5, 5.41) is 10.2. The summed E-state index contributed by atoms with van der Waals surface area (Å²) in [6, 6.07) is -0.626. The van der Waals surface area contributed by atoms with Gasteiger partial charge in [-0.2, -0.15) is 0 Å². The molecule has 0 aromatic heterocycles. The van der Waals surface area contributed by atoms with Gasteiger partial charge in [0.2, 0.25) is 6.04 Å². The molecular formula is C7H13NO3. The van der Waals surface area contributed by atoms with Crippen LogP contribution in [0.2, 0.25) is 0 Å². The first-order chi connectivity index (χ1) is 4.95. The Hall–Kier alpha value is -0.930. The first kappa shape index (κ1) is 10.1. The highest BCUT2D eigenvalue weighted by Gasteiger charge is 2.22. The molecule has 0 N–H and O–H groups in total. The van der Waals surface area contributed by atoms with Crippen molar-refractivity contribution >= 4 is 5.78 Å². The number of nitro groups is 1. The lowest BCUT2D eigenvalue weighted by Crippen LogP contribution is -2.25. The van der Waals surface area contributed by atoms with Gasteiger partial charge >= 0.3 is 0 Å². The molecule has 0 aliphatic carbocycles. The van der Waals surface area contributed by atoms with E-state index in [2.05, 4.69) is 0 Å². The van der Waals surface area contributed by atoms with Crippen LogP contribution in [0.5, 0.6) is 0 Å². The van der Waals surface area contributed by atoms with Gasteiger partial charge in [0.15, 0.2) is 0 Å². The van der Waals surface area contributed by atoms with Gasteiger partial charge in [0, 0.05) is 24.2 Å². The summed E-state index contributed by atoms with van der Waals surface area (Å²) < 4.78 is 0. The Balaban J connectivity index is 3.92. The van der Waals surface area contributed by atoms with Crippen LogP contribution in [0.3, 0.4) is 0 Å². The molecule has 0 aliphatic heterocycles. The molecule has 0 amide bonds. The molecule has 4 heteroatoms. The standard InChI is InChI=1S/C7H13NO3/c1-5(4-6(2)9)7(3)8(10)11/h5,7H,4H2,1-3H3. The molecule has 0 radical (unpaired) electrons. The molecule has 0 saturated heterocycles. The molecule has 0 spiro atoms. The fourth-order valence-electron chi connectivity index (χ4n) is 0.832. The van der Waals surface area contributed by atoms with Crippen molar-refractivity contribution < 1.29 is 9.72 Å². The van der Waals surface area contributed by atoms with Crippen molar-refractivity contribution in [3.05, 3.63) is 10.1 Å². The summed E-state index contributed by atoms with van der Waals surface area (Å²) in [5.41, 5.74) is 0. The van der Waals surface area contributed by atoms with Gasteiger partial charge in [0.1, 0.15) is 5.78 Å². The van der Waals surface area contributed by atoms with Gasteiger partial charge in [-0.1, -0.05) is 6.92 Å². The zero-order chi connectivity index (χ0) is 9.02. The van der Waals surface area contributed by atoms with E-state index in [0.29, 0.717) is 6.42 Å². The number of carbonyl (C=O) groups excluding carboxylic acids is 1. The molecule has 64 valence electrons. The van der Waals surface area contributed by atoms with Gasteiger partial charge < -0.3 is 4.79 Å². The summed E-state index contributed by atoms with van der Waals surface area (Å²) >= 11 is 0. The minimum absolute atomic E-state index is 0.00574. The van der Waals surface area contributed by atoms with E-state index >= 15 is 0 Å². The smallest absolute Gasteiger partial charge is 0.213 e. The first-order valence-corrected chi connectivity index (χ1v) is 3.58. The maximum atomic E-state index is 10.6. The third kappa shape index (κ3) is 3.70. The van der Waals surface area contributed by atoms with Crippen LogP contribution in [0.15, 0.2) is 0 Å². The molecule has 4 nitrogen and oxygen atoms in total. The lowest BCUT2D eigenvalue weighted by Gasteiger charge is -2.10. The largest absolute Gasteiger partial charge is 0.300 e. The van der Waals surface area contributed by atoms with Crippen LogP contribution in [0.4, 0.5) is 0 Å². The topological polar surface area (TPSA) is 60.2 Å². The van der Waals surface area contributed by atoms with Crippen molar-refractivity contribution in [3.8, 4) is 0 Å². The summed E-state index contributed by atoms with van der Waals surface area (Å²) in [6.07, 6.45) is 0.294. The fourth-order valence-corrected chi connectivity index (χ4v) is 0.832. The van der Waals surface area contributed by atoms with Gasteiger partial charge in [-0.05, 0) is 6.92 Å². The Kier molecular flexibility index (Phi) is 3.71. The SMILES string of the molecule is CC(=O)CC(C)C(C)[N+](=O)[O-]. The molecule has 2 atom stereocenters. The average Bonchev–Trinajstić information content (AvgIpc) is 1.84. The Bertz CT molecular complexity index is 167. The molecule has 0 saturated carbocycles. The minimum Gasteiger partial charge on any atom is -0.300 e. The second-order valence-electron chi connectivity index (χ2n) is 2.91. The van der Waals surface area contributed by atoms with Crippen molar-refractivity contribution in [2.75, 3.05) is 0 Å². The van der Waals surface area contributed by atoms with Crippen LogP contribution in [0.1, 0.15) is 27.2 Å². The predicted molar refractivity (Wildman–Crippen MR) is 40.9 cm³/mol. The third-order valence-corrected chi connectivity index (χ3v) is 1.77. The monoisotopic (exact) mass is 159 g/mol. The molecule has 0 aliphatic rings. The van der Waals surface area contributed by atoms with Crippen LogP contribution in [-0.4, -0.2) is 16.7 Å². The van der Waals surface area contributed by atoms with E-state index < -0.39 is 6.04 Å². The fraction of sp³-hybridized carbons (Fsp3) is 0.857. The average molecular weight is 159 g/mol. The van der Waals surface area contributed by atoms with Gasteiger partial charge in [-0.3, -0.25) is 10.1 Å². The summed E-state index contributed by atoms with van der Waals surface area (Å²) in [5.74, 6) is -0.159. The number of Topliss-reactive ketones (excluding diaryl/α,β-unsaturated/α-hetero) is 1. The zero-order valence-corrected chi connectivity index (χ0v) is 7.03. The van der Waals surface area contributed by atoms with Crippen LogP contribution in [0, 0.1) is 16.0 Å². The van der Waals surface area contributed by atoms with Crippen LogP contribution in [-0.2, 0) is 4.79 Å². The van der Waals surface area contributed by atoms with Gasteiger partial charge in [-0.25, -0.2) is 0 Å². The molecule has 0 bridgehead atoms. The number of rotatable bonds is 4. The van der Waals surface area contributed by atoms with E-state index in [4.69, 9.17) is 0 Å². The summed E-state index contributed by atoms with van der Waals surface area (Å²) in [7, 11) is 0. The van der Waals surface area contributed by atoms with E-state index in [-0.39, 0.29) is 16.6 Å². The van der Waals surface area contributed by atoms with Crippen molar-refractivity contribution in [3.63, 3.8) is 0 Å². The molecule has 2 unspecified atom stereocenters. The zero-order valence-electron chi connectivity index (χ0n) is 7.03. The molecule has 0 aromatic carbocycles. The summed E-state index contributed by atoms with van der Waals surface area (Å²) in [4.78, 5) is 20.4. The van der Waals surface area contributed by atoms with E-state index in [1.807, 2.05) is 0 Å². The Morgan fingerprint density at radius 1 is 1.55 bits per heavy atom. The van der Waals surface area contributed by atoms with Crippen molar-refractivity contribution in [1.82, 2.24) is 0 Å². The van der Waals surface area contributed by atoms with Crippen molar-refractivity contribution in [2.24, 2.45) is 5.92 Å². The van der Waals surface area contributed by atoms with Crippen LogP contribution >= 0.6 is 0 Å². The van der Waals surface area contributed by atoms with E-state index in [9.17, 15) is 14.9 Å². The van der Waals surface area contributed by atoms with E-state index in [0.717, 1.165) is 0 Å². The molecule has 0 aromatic rings. The molecule has 0 rings (SSSR count). The van der Waals surface area contributed by atoms with Crippen molar-refractivity contribution in [1.29, 1.82) is 0 Å². The summed E-state index contributed by atoms with van der Waals surface area (Å²) in [6.45, 7) is 4.69. The number of ketones is 1. The van der Waals surface area contributed by atoms with E-state index in [1.165, 1.54) is 13.8 Å². The van der Waals surface area contributed by atoms with Crippen molar-refractivity contribution in [2.45, 2.75) is 33.2 Å². The number of hydrogen-bond acceptors (Lipinski definition) is 3. The lowest BCUT2D eigenvalue weighted by atomic mass is 9.98. The first-order valence-electron chi connectivity index (χ1n) is 3.58. The van der Waals surface area contributed by atoms with Crippen LogP contribution in [0.25, 0.3) is 0 Å². The number of nitrogens with zero attached hydrogens (tertiary/aromatic N) is 1. The van der Waals surface area contributed by atoms with E-state index in [1.54, 1.807) is 6.92 Å². The highest BCUT2D eigenvalue weighted by atomic mass is 16.6. The molecule has 11 heavy (non-hydrogen) atoms. The molecular weight excluding hydrogens is 146 g/mol. The number of carbonyl (C=O) groups is 1. The highest BCUT2D eigenvalue weighted by molar-refractivity contribution is 5.75. The minimum atomic E-state index is -0.626. The normalized spacial score (nSPS) is 15.5. The second-order valence-corrected chi connectivity index (χ2v) is 2.91. The Morgan fingerprint density at radius 3 is 2.27 bits per heavy atom. The Labute approximate surface area is 65.7 Å². The lowest BCUT2D eigenvalue weighted by molar-refractivity contribution is -0.526. The van der Waals surface area contributed by atoms with Gasteiger partial charge in [0.25, 0.3) is 0 Å².